The van der Waals surface area contributed by atoms with Crippen molar-refractivity contribution >= 4 is 17.4 Å². The Balaban J connectivity index is 2.68. The minimum Gasteiger partial charge on any atom is -0.238 e. The smallest absolute Gasteiger partial charge is 0.238 e. The first-order chi connectivity index (χ1) is 3.41. The molecule has 0 atom stereocenters. The fourth-order valence-electron chi connectivity index (χ4n) is 0.0385. The summed E-state index contributed by atoms with van der Waals surface area (Å²) < 4.78 is 25.6. The molecule has 0 radical (unpaired) electrons. The fraction of sp³-hybridized carbons (Fsp3) is 0. The van der Waals surface area contributed by atoms with E-state index in [9.17, 15) is 9.13 Å². The van der Waals surface area contributed by atoms with Crippen molar-refractivity contribution in [2.45, 2.75) is 0 Å². The molecular weight excluding hydrogens is 142 g/mol. The van der Waals surface area contributed by atoms with Crippen LogP contribution in [0.15, 0.2) is 0 Å². The van der Waals surface area contributed by atoms with Gasteiger partial charge in [0.2, 0.25) is 0 Å². The van der Waals surface area contributed by atoms with Crippen LogP contribution in [-0.2, 0) is 23.5 Å². The largest absolute Gasteiger partial charge is 0.361 e. The molecule has 5 nitrogen and oxygen atoms in total. The van der Waals surface area contributed by atoms with Gasteiger partial charge in [-0.2, -0.15) is 0 Å². The molecule has 40 valence electrons. The zero-order valence-corrected chi connectivity index (χ0v) is 4.72. The molecule has 0 saturated carbocycles. The SMILES string of the molecule is O=POOOP=O. The van der Waals surface area contributed by atoms with Crippen LogP contribution in [0.1, 0.15) is 0 Å². The zero-order valence-electron chi connectivity index (χ0n) is 2.94. The summed E-state index contributed by atoms with van der Waals surface area (Å²) in [5, 5.41) is 3.48. The lowest BCUT2D eigenvalue weighted by atomic mass is 14.6. The number of hydrogen-bond donors (Lipinski definition) is 0. The van der Waals surface area contributed by atoms with E-state index in [1.165, 1.54) is 0 Å². The van der Waals surface area contributed by atoms with Crippen molar-refractivity contribution in [1.82, 2.24) is 0 Å². The molecule has 0 bridgehead atoms. The maximum Gasteiger partial charge on any atom is 0.361 e. The van der Waals surface area contributed by atoms with Gasteiger partial charge in [0.15, 0.2) is 0 Å². The van der Waals surface area contributed by atoms with Crippen molar-refractivity contribution in [1.29, 1.82) is 0 Å². The molecule has 7 heavy (non-hydrogen) atoms. The Kier molecular flexibility index (Phi) is 6.15. The minimum absolute atomic E-state index is 0.686. The van der Waals surface area contributed by atoms with E-state index in [0.29, 0.717) is 0 Å². The van der Waals surface area contributed by atoms with E-state index in [0.717, 1.165) is 0 Å². The normalized spacial score (nSPS) is 10.3. The van der Waals surface area contributed by atoms with Crippen LogP contribution in [0.2, 0.25) is 0 Å². The summed E-state index contributed by atoms with van der Waals surface area (Å²) in [6.07, 6.45) is 0. The third-order valence-corrected chi connectivity index (χ3v) is 0.365. The van der Waals surface area contributed by atoms with E-state index in [2.05, 4.69) is 14.4 Å². The maximum atomic E-state index is 9.24. The van der Waals surface area contributed by atoms with Crippen molar-refractivity contribution in [3.05, 3.63) is 0 Å². The van der Waals surface area contributed by atoms with E-state index in [4.69, 9.17) is 0 Å². The van der Waals surface area contributed by atoms with Crippen LogP contribution in [0.25, 0.3) is 0 Å². The van der Waals surface area contributed by atoms with Crippen LogP contribution in [0.3, 0.4) is 0 Å². The highest BCUT2D eigenvalue weighted by atomic mass is 31.1. The van der Waals surface area contributed by atoms with Crippen LogP contribution in [0.5, 0.6) is 0 Å². The molecule has 0 aromatic carbocycles. The standard InChI is InChI=1S/O5P2/c1-6-4-3-5-7-2. The molecule has 0 aliphatic heterocycles. The van der Waals surface area contributed by atoms with Gasteiger partial charge in [0.05, 0.1) is 0 Å². The summed E-state index contributed by atoms with van der Waals surface area (Å²) in [5.74, 6) is 0. The van der Waals surface area contributed by atoms with E-state index in [1.807, 2.05) is 0 Å². The topological polar surface area (TPSA) is 61.8 Å². The van der Waals surface area contributed by atoms with Gasteiger partial charge in [-0.05, 0) is 5.04 Å². The molecule has 0 aliphatic rings. The Morgan fingerprint density at radius 3 is 1.71 bits per heavy atom. The van der Waals surface area contributed by atoms with Crippen molar-refractivity contribution in [2.24, 2.45) is 0 Å². The summed E-state index contributed by atoms with van der Waals surface area (Å²) in [6, 6.07) is 0. The first-order valence-electron chi connectivity index (χ1n) is 1.06. The maximum absolute atomic E-state index is 9.24. The summed E-state index contributed by atoms with van der Waals surface area (Å²) in [7, 11) is -1.37. The second-order valence-electron chi connectivity index (χ2n) is 0.366. The van der Waals surface area contributed by atoms with Crippen LogP contribution in [0.4, 0.5) is 0 Å². The predicted octanol–water partition coefficient (Wildman–Crippen LogP) is 1.28. The van der Waals surface area contributed by atoms with Gasteiger partial charge in [-0.3, -0.25) is 0 Å². The van der Waals surface area contributed by atoms with Gasteiger partial charge in [-0.15, -0.1) is 9.35 Å². The minimum atomic E-state index is -0.686. The lowest BCUT2D eigenvalue weighted by Crippen LogP contribution is -1.72. The highest BCUT2D eigenvalue weighted by Gasteiger charge is 1.81. The second-order valence-corrected chi connectivity index (χ2v) is 0.962. The van der Waals surface area contributed by atoms with Gasteiger partial charge in [0.25, 0.3) is 0 Å². The summed E-state index contributed by atoms with van der Waals surface area (Å²) in [6.45, 7) is 0. The molecule has 0 amide bonds. The molecule has 0 heterocycles. The first-order valence-corrected chi connectivity index (χ1v) is 2.52. The van der Waals surface area contributed by atoms with Crippen molar-refractivity contribution in [3.63, 3.8) is 0 Å². The van der Waals surface area contributed by atoms with E-state index < -0.39 is 17.4 Å². The van der Waals surface area contributed by atoms with E-state index in [1.54, 1.807) is 0 Å². The third kappa shape index (κ3) is 6.08. The van der Waals surface area contributed by atoms with Crippen molar-refractivity contribution in [2.75, 3.05) is 0 Å². The summed E-state index contributed by atoms with van der Waals surface area (Å²) in [5.41, 5.74) is 0. The zero-order chi connectivity index (χ0) is 5.54. The number of rotatable bonds is 4. The van der Waals surface area contributed by atoms with E-state index in [-0.39, 0.29) is 0 Å². The van der Waals surface area contributed by atoms with Crippen molar-refractivity contribution in [3.8, 4) is 0 Å². The number of hydrogen-bond acceptors (Lipinski definition) is 5. The van der Waals surface area contributed by atoms with E-state index >= 15 is 0 Å². The highest BCUT2D eigenvalue weighted by molar-refractivity contribution is 7.17. The molecule has 0 aromatic rings. The monoisotopic (exact) mass is 142 g/mol. The Bertz CT molecular complexity index is 51.1. The highest BCUT2D eigenvalue weighted by Crippen LogP contribution is 2.01. The molecule has 0 rings (SSSR count). The van der Waals surface area contributed by atoms with Gasteiger partial charge in [0, 0.05) is 0 Å². The van der Waals surface area contributed by atoms with Crippen LogP contribution in [0, 0.1) is 0 Å². The Morgan fingerprint density at radius 1 is 1.00 bits per heavy atom. The average molecular weight is 142 g/mol. The predicted molar refractivity (Wildman–Crippen MR) is 18.5 cm³/mol. The molecule has 0 aromatic heterocycles. The molecule has 7 heteroatoms. The first kappa shape index (κ1) is 7.08. The second kappa shape index (κ2) is 6.08. The quantitative estimate of drug-likeness (QED) is 0.256. The third-order valence-electron chi connectivity index (χ3n) is 0.122. The van der Waals surface area contributed by atoms with Crippen LogP contribution >= 0.6 is 17.4 Å². The molecule has 0 N–H and O–H groups in total. The Hall–Kier alpha value is 0.0800. The Morgan fingerprint density at radius 2 is 1.43 bits per heavy atom. The van der Waals surface area contributed by atoms with Gasteiger partial charge >= 0.3 is 17.4 Å². The van der Waals surface area contributed by atoms with Crippen molar-refractivity contribution < 1.29 is 23.5 Å². The van der Waals surface area contributed by atoms with Gasteiger partial charge in [-0.25, -0.2) is 9.13 Å². The Labute approximate surface area is 42.0 Å². The molecule has 0 spiro atoms. The lowest BCUT2D eigenvalue weighted by molar-refractivity contribution is -0.403. The molecule has 0 saturated heterocycles. The molecule has 0 aliphatic carbocycles. The molecule has 0 unspecified atom stereocenters. The molecule has 0 fully saturated rings. The average Bonchev–Trinajstić information content (AvgIpc) is 1.69. The molecular formula is O5P2. The lowest BCUT2D eigenvalue weighted by Gasteiger charge is -1.79. The van der Waals surface area contributed by atoms with Gasteiger partial charge in [0.1, 0.15) is 0 Å². The fourth-order valence-corrected chi connectivity index (χ4v) is 0.197. The summed E-state index contributed by atoms with van der Waals surface area (Å²) in [4.78, 5) is 0. The van der Waals surface area contributed by atoms with Crippen LogP contribution < -0.4 is 0 Å². The van der Waals surface area contributed by atoms with Crippen LogP contribution in [-0.4, -0.2) is 0 Å². The van der Waals surface area contributed by atoms with Gasteiger partial charge in [-0.1, -0.05) is 0 Å². The van der Waals surface area contributed by atoms with Gasteiger partial charge < -0.3 is 0 Å². The summed E-state index contributed by atoms with van der Waals surface area (Å²) >= 11 is 0.